The number of aryl methyl sites for hydroxylation is 1. The van der Waals surface area contributed by atoms with Crippen molar-refractivity contribution in [3.63, 3.8) is 0 Å². The van der Waals surface area contributed by atoms with Crippen LogP contribution >= 0.6 is 0 Å². The van der Waals surface area contributed by atoms with Crippen molar-refractivity contribution in [2.45, 2.75) is 43.4 Å². The number of carbonyl (C=O) groups excluding carboxylic acids is 1. The minimum atomic E-state index is -3.96. The molecule has 0 bridgehead atoms. The summed E-state index contributed by atoms with van der Waals surface area (Å²) in [4.78, 5) is 12.6. The van der Waals surface area contributed by atoms with Gasteiger partial charge in [0.1, 0.15) is 16.4 Å². The van der Waals surface area contributed by atoms with Gasteiger partial charge in [-0.25, -0.2) is 13.6 Å². The average Bonchev–Trinajstić information content (AvgIpc) is 2.77. The predicted octanol–water partition coefficient (Wildman–Crippen LogP) is 2.85. The number of hydrogen-bond acceptors (Lipinski definition) is 6. The molecule has 0 spiro atoms. The fraction of sp³-hybridized carbons (Fsp3) is 0.435. The van der Waals surface area contributed by atoms with Crippen LogP contribution in [0.4, 0.5) is 0 Å². The third-order valence-corrected chi connectivity index (χ3v) is 6.28. The van der Waals surface area contributed by atoms with Crippen molar-refractivity contribution in [3.8, 4) is 11.5 Å². The maximum absolute atomic E-state index is 12.6. The molecule has 2 aromatic rings. The van der Waals surface area contributed by atoms with Crippen LogP contribution in [-0.4, -0.2) is 41.0 Å². The molecule has 0 atom stereocenters. The number of ether oxygens (including phenoxy) is 2. The van der Waals surface area contributed by atoms with E-state index in [0.29, 0.717) is 30.8 Å². The number of carbonyl (C=O) groups is 1. The second-order valence-electron chi connectivity index (χ2n) is 7.65. The summed E-state index contributed by atoms with van der Waals surface area (Å²) in [5.41, 5.74) is 2.28. The first-order valence-corrected chi connectivity index (χ1v) is 12.1. The smallest absolute Gasteiger partial charge is 0.241 e. The third-order valence-electron chi connectivity index (χ3n) is 5.37. The molecule has 0 saturated carbocycles. The summed E-state index contributed by atoms with van der Waals surface area (Å²) < 4.78 is 34.8. The first-order valence-electron chi connectivity index (χ1n) is 10.6. The molecule has 0 aromatic heterocycles. The lowest BCUT2D eigenvalue weighted by Gasteiger charge is -2.20. The lowest BCUT2D eigenvalue weighted by Crippen LogP contribution is -2.19. The van der Waals surface area contributed by atoms with E-state index in [-0.39, 0.29) is 10.7 Å². The van der Waals surface area contributed by atoms with Gasteiger partial charge in [-0.3, -0.25) is 4.79 Å². The Morgan fingerprint density at radius 3 is 2.77 bits per heavy atom. The quantitative estimate of drug-likeness (QED) is 0.406. The Kier molecular flexibility index (Phi) is 8.06. The molecule has 0 radical (unpaired) electrons. The topological polar surface area (TPSA) is 108 Å². The fourth-order valence-corrected chi connectivity index (χ4v) is 4.50. The number of hydrogen-bond donors (Lipinski definition) is 2. The van der Waals surface area contributed by atoms with Crippen molar-refractivity contribution in [2.24, 2.45) is 5.14 Å². The maximum atomic E-state index is 12.6. The number of nitrogens with one attached hydrogen (secondary N) is 1. The number of primary sulfonamides is 1. The van der Waals surface area contributed by atoms with E-state index in [1.54, 1.807) is 13.2 Å². The summed E-state index contributed by atoms with van der Waals surface area (Å²) in [5, 5.41) is 8.73. The highest BCUT2D eigenvalue weighted by Gasteiger charge is 2.24. The lowest BCUT2D eigenvalue weighted by molar-refractivity contribution is 0.0979. The van der Waals surface area contributed by atoms with Crippen LogP contribution in [0.15, 0.2) is 41.3 Å². The average molecular weight is 447 g/mol. The van der Waals surface area contributed by atoms with E-state index >= 15 is 0 Å². The monoisotopic (exact) mass is 446 g/mol. The number of fused-ring (bicyclic) bond motifs is 1. The maximum Gasteiger partial charge on any atom is 0.241 e. The van der Waals surface area contributed by atoms with Crippen LogP contribution in [0, 0.1) is 0 Å². The Hall–Kier alpha value is -2.42. The Bertz CT molecular complexity index is 1020. The Morgan fingerprint density at radius 2 is 2.00 bits per heavy atom. The van der Waals surface area contributed by atoms with Crippen molar-refractivity contribution in [1.82, 2.24) is 5.32 Å². The molecule has 8 heteroatoms. The molecular formula is C23H30N2O5S. The Morgan fingerprint density at radius 1 is 1.19 bits per heavy atom. The van der Waals surface area contributed by atoms with Crippen LogP contribution in [0.2, 0.25) is 0 Å². The van der Waals surface area contributed by atoms with Crippen molar-refractivity contribution in [1.29, 1.82) is 0 Å². The fourth-order valence-electron chi connectivity index (χ4n) is 3.76. The van der Waals surface area contributed by atoms with Gasteiger partial charge in [0.15, 0.2) is 5.78 Å². The number of methoxy groups -OCH3 is 1. The summed E-state index contributed by atoms with van der Waals surface area (Å²) >= 11 is 0. The van der Waals surface area contributed by atoms with Gasteiger partial charge in [0.2, 0.25) is 10.0 Å². The molecule has 7 nitrogen and oxygen atoms in total. The highest BCUT2D eigenvalue weighted by atomic mass is 32.2. The molecule has 31 heavy (non-hydrogen) atoms. The van der Waals surface area contributed by atoms with Crippen LogP contribution in [0.1, 0.15) is 47.2 Å². The van der Waals surface area contributed by atoms with Crippen molar-refractivity contribution in [3.05, 3.63) is 53.1 Å². The van der Waals surface area contributed by atoms with Crippen LogP contribution in [0.5, 0.6) is 11.5 Å². The molecule has 0 fully saturated rings. The first kappa shape index (κ1) is 23.2. The number of rotatable bonds is 11. The molecule has 2 aromatic carbocycles. The van der Waals surface area contributed by atoms with Crippen LogP contribution in [0.3, 0.4) is 0 Å². The number of nitrogens with two attached hydrogens (primary N) is 1. The highest BCUT2D eigenvalue weighted by molar-refractivity contribution is 7.89. The highest BCUT2D eigenvalue weighted by Crippen LogP contribution is 2.33. The first-order chi connectivity index (χ1) is 14.9. The number of para-hydroxylation sites is 1. The summed E-state index contributed by atoms with van der Waals surface area (Å²) in [7, 11) is -2.29. The van der Waals surface area contributed by atoms with E-state index in [2.05, 4.69) is 11.4 Å². The van der Waals surface area contributed by atoms with Crippen molar-refractivity contribution >= 4 is 15.8 Å². The zero-order valence-electron chi connectivity index (χ0n) is 17.9. The van der Waals surface area contributed by atoms with E-state index in [1.165, 1.54) is 6.07 Å². The lowest BCUT2D eigenvalue weighted by atomic mass is 9.99. The molecule has 0 amide bonds. The number of unbranched alkanes of at least 4 members (excludes halogenated alkanes) is 1. The normalized spacial score (nSPS) is 13.4. The summed E-state index contributed by atoms with van der Waals surface area (Å²) in [6, 6.07) is 11.1. The zero-order chi connectivity index (χ0) is 22.3. The molecule has 0 aliphatic carbocycles. The van der Waals surface area contributed by atoms with E-state index in [4.69, 9.17) is 14.6 Å². The molecule has 0 saturated heterocycles. The molecule has 3 N–H and O–H groups in total. The van der Waals surface area contributed by atoms with E-state index in [1.807, 2.05) is 18.2 Å². The number of sulfonamides is 1. The van der Waals surface area contributed by atoms with Gasteiger partial charge < -0.3 is 14.8 Å². The van der Waals surface area contributed by atoms with Gasteiger partial charge in [0.05, 0.1) is 13.7 Å². The Labute approximate surface area is 184 Å². The molecule has 1 aliphatic rings. The van der Waals surface area contributed by atoms with E-state index in [0.717, 1.165) is 55.6 Å². The van der Waals surface area contributed by atoms with Gasteiger partial charge >= 0.3 is 0 Å². The number of benzene rings is 2. The Balaban J connectivity index is 1.47. The number of Topliss-reactive ketones (excluding diaryl/α,β-unsaturated/α-hetero) is 1. The largest absolute Gasteiger partial charge is 0.496 e. The molecule has 168 valence electrons. The molecule has 1 aliphatic heterocycles. The third kappa shape index (κ3) is 6.29. The minimum Gasteiger partial charge on any atom is -0.496 e. The van der Waals surface area contributed by atoms with Gasteiger partial charge in [-0.15, -0.1) is 0 Å². The SMILES string of the molecule is COc1ccccc1CCNCCCCC(=O)c1cc2c(c(S(N)(=O)=O)c1)OCCC2. The molecule has 1 heterocycles. The summed E-state index contributed by atoms with van der Waals surface area (Å²) in [5.74, 6) is 1.11. The van der Waals surface area contributed by atoms with Gasteiger partial charge in [-0.2, -0.15) is 0 Å². The second kappa shape index (κ2) is 10.7. The van der Waals surface area contributed by atoms with Gasteiger partial charge in [-0.1, -0.05) is 18.2 Å². The van der Waals surface area contributed by atoms with Crippen LogP contribution in [0.25, 0.3) is 0 Å². The van der Waals surface area contributed by atoms with Gasteiger partial charge in [-0.05, 0) is 74.5 Å². The van der Waals surface area contributed by atoms with Crippen molar-refractivity contribution in [2.75, 3.05) is 26.8 Å². The van der Waals surface area contributed by atoms with Gasteiger partial charge in [0, 0.05) is 12.0 Å². The number of ketones is 1. The van der Waals surface area contributed by atoms with Crippen molar-refractivity contribution < 1.29 is 22.7 Å². The predicted molar refractivity (Wildman–Crippen MR) is 119 cm³/mol. The van der Waals surface area contributed by atoms with E-state index in [9.17, 15) is 13.2 Å². The standard InChI is InChI=1S/C23H30N2O5S/c1-29-21-10-3-2-7-17(21)11-13-25-12-5-4-9-20(26)19-15-18-8-6-14-30-23(18)22(16-19)31(24,27)28/h2-3,7,10,15-16,25H,4-6,8-9,11-14H2,1H3,(H2,24,27,28). The summed E-state index contributed by atoms with van der Waals surface area (Å²) in [6.07, 6.45) is 4.27. The van der Waals surface area contributed by atoms with Gasteiger partial charge in [0.25, 0.3) is 0 Å². The van der Waals surface area contributed by atoms with E-state index < -0.39 is 10.0 Å². The van der Waals surface area contributed by atoms with Crippen LogP contribution < -0.4 is 19.9 Å². The minimum absolute atomic E-state index is 0.0766. The second-order valence-corrected chi connectivity index (χ2v) is 9.18. The zero-order valence-corrected chi connectivity index (χ0v) is 18.7. The molecular weight excluding hydrogens is 416 g/mol. The van der Waals surface area contributed by atoms with Crippen LogP contribution in [-0.2, 0) is 22.9 Å². The molecule has 3 rings (SSSR count). The summed E-state index contributed by atoms with van der Waals surface area (Å²) in [6.45, 7) is 2.09. The molecule has 0 unspecified atom stereocenters.